The van der Waals surface area contributed by atoms with Crippen molar-refractivity contribution in [3.63, 3.8) is 0 Å². The van der Waals surface area contributed by atoms with Gasteiger partial charge in [0.1, 0.15) is 11.9 Å². The van der Waals surface area contributed by atoms with Crippen LogP contribution in [0.4, 0.5) is 0 Å². The van der Waals surface area contributed by atoms with E-state index in [1.807, 2.05) is 44.2 Å². The standard InChI is InChI=1S/C34H50O3/c1-22(2)31(35)16-11-23(3)28-14-15-29-27-13-12-25-21-26(37-32(36)24-9-7-6-8-10-24)17-19-33(25,4)30(27)18-20-34(28,29)5/h6-10,22-23,25-30H,11-21H2,1-5H3/t23-,25-,26-,27+,28-,29+,30+,33+,34-/m1/s1. The van der Waals surface area contributed by atoms with Gasteiger partial charge in [-0.25, -0.2) is 4.79 Å². The topological polar surface area (TPSA) is 43.4 Å². The normalized spacial score (nSPS) is 39.8. The molecule has 1 aromatic carbocycles. The monoisotopic (exact) mass is 506 g/mol. The predicted molar refractivity (Wildman–Crippen MR) is 149 cm³/mol. The Labute approximate surface area is 225 Å². The molecular weight excluding hydrogens is 456 g/mol. The van der Waals surface area contributed by atoms with Crippen molar-refractivity contribution in [1.29, 1.82) is 0 Å². The van der Waals surface area contributed by atoms with Gasteiger partial charge in [-0.15, -0.1) is 0 Å². The van der Waals surface area contributed by atoms with Gasteiger partial charge in [-0.05, 0) is 123 Å². The summed E-state index contributed by atoms with van der Waals surface area (Å²) in [5, 5.41) is 0. The number of carbonyl (C=O) groups excluding carboxylic acids is 2. The third-order valence-electron chi connectivity index (χ3n) is 12.2. The quantitative estimate of drug-likeness (QED) is 0.348. The molecule has 0 saturated heterocycles. The first kappa shape index (κ1) is 26.9. The lowest BCUT2D eigenvalue weighted by atomic mass is 9.44. The molecule has 3 nitrogen and oxygen atoms in total. The summed E-state index contributed by atoms with van der Waals surface area (Å²) < 4.78 is 6.02. The molecule has 0 unspecified atom stereocenters. The number of esters is 1. The molecule has 0 bridgehead atoms. The Hall–Kier alpha value is -1.64. The first-order valence-electron chi connectivity index (χ1n) is 15.4. The molecule has 204 valence electrons. The molecule has 4 aliphatic rings. The Bertz CT molecular complexity index is 969. The first-order valence-corrected chi connectivity index (χ1v) is 15.4. The average molecular weight is 507 g/mol. The van der Waals surface area contributed by atoms with E-state index < -0.39 is 0 Å². The smallest absolute Gasteiger partial charge is 0.338 e. The summed E-state index contributed by atoms with van der Waals surface area (Å²) in [7, 11) is 0. The zero-order chi connectivity index (χ0) is 26.4. The largest absolute Gasteiger partial charge is 0.459 e. The van der Waals surface area contributed by atoms with Crippen molar-refractivity contribution in [2.45, 2.75) is 111 Å². The first-order chi connectivity index (χ1) is 17.6. The Morgan fingerprint density at radius 3 is 2.32 bits per heavy atom. The van der Waals surface area contributed by atoms with Crippen molar-refractivity contribution < 1.29 is 14.3 Å². The summed E-state index contributed by atoms with van der Waals surface area (Å²) in [5.74, 6) is 5.09. The van der Waals surface area contributed by atoms with Gasteiger partial charge in [-0.1, -0.05) is 52.8 Å². The SMILES string of the molecule is CC(C)C(=O)CC[C@@H](C)[C@H]1CC[C@H]2[C@@H]3CC[C@@H]4C[C@H](OC(=O)c5ccccc5)CC[C@]4(C)[C@H]3CC[C@]12C. The van der Waals surface area contributed by atoms with E-state index in [0.29, 0.717) is 34.0 Å². The highest BCUT2D eigenvalue weighted by Crippen LogP contribution is 2.68. The van der Waals surface area contributed by atoms with Crippen LogP contribution in [0.5, 0.6) is 0 Å². The van der Waals surface area contributed by atoms with Gasteiger partial charge in [0.15, 0.2) is 0 Å². The van der Waals surface area contributed by atoms with Crippen molar-refractivity contribution in [1.82, 2.24) is 0 Å². The van der Waals surface area contributed by atoms with Gasteiger partial charge in [-0.2, -0.15) is 0 Å². The second kappa shape index (κ2) is 10.5. The lowest BCUT2D eigenvalue weighted by Crippen LogP contribution is -2.54. The fourth-order valence-corrected chi connectivity index (χ4v) is 9.95. The van der Waals surface area contributed by atoms with Gasteiger partial charge in [0.05, 0.1) is 5.56 Å². The number of hydrogen-bond acceptors (Lipinski definition) is 3. The lowest BCUT2D eigenvalue weighted by molar-refractivity contribution is -0.131. The molecule has 0 N–H and O–H groups in total. The van der Waals surface area contributed by atoms with E-state index in [0.717, 1.165) is 49.4 Å². The van der Waals surface area contributed by atoms with Crippen LogP contribution in [0.1, 0.15) is 116 Å². The highest BCUT2D eigenvalue weighted by atomic mass is 16.5. The van der Waals surface area contributed by atoms with Crippen LogP contribution in [0.3, 0.4) is 0 Å². The average Bonchev–Trinajstić information content (AvgIpc) is 3.25. The van der Waals surface area contributed by atoms with Crippen molar-refractivity contribution >= 4 is 11.8 Å². The second-order valence-electron chi connectivity index (χ2n) is 14.2. The van der Waals surface area contributed by atoms with E-state index in [1.54, 1.807) is 0 Å². The number of ketones is 1. The number of benzene rings is 1. The highest BCUT2D eigenvalue weighted by molar-refractivity contribution is 5.89. The minimum atomic E-state index is -0.155. The van der Waals surface area contributed by atoms with E-state index in [4.69, 9.17) is 4.74 Å². The number of ether oxygens (including phenoxy) is 1. The maximum Gasteiger partial charge on any atom is 0.338 e. The molecule has 0 amide bonds. The number of fused-ring (bicyclic) bond motifs is 5. The lowest BCUT2D eigenvalue weighted by Gasteiger charge is -2.61. The highest BCUT2D eigenvalue weighted by Gasteiger charge is 2.60. The van der Waals surface area contributed by atoms with Crippen LogP contribution < -0.4 is 0 Å². The molecule has 3 heteroatoms. The summed E-state index contributed by atoms with van der Waals surface area (Å²) in [6.45, 7) is 11.7. The van der Waals surface area contributed by atoms with Crippen molar-refractivity contribution in [2.75, 3.05) is 0 Å². The van der Waals surface area contributed by atoms with Gasteiger partial charge < -0.3 is 4.74 Å². The molecule has 37 heavy (non-hydrogen) atoms. The molecule has 1 aromatic rings. The third kappa shape index (κ3) is 4.94. The Balaban J connectivity index is 1.22. The van der Waals surface area contributed by atoms with Crippen LogP contribution in [0.25, 0.3) is 0 Å². The van der Waals surface area contributed by atoms with E-state index in [1.165, 1.54) is 44.9 Å². The van der Waals surface area contributed by atoms with Crippen molar-refractivity contribution in [2.24, 2.45) is 52.3 Å². The van der Waals surface area contributed by atoms with E-state index in [-0.39, 0.29) is 18.0 Å². The number of Topliss-reactive ketones (excluding diaryl/α,β-unsaturated/α-hetero) is 1. The van der Waals surface area contributed by atoms with Crippen LogP contribution in [0.15, 0.2) is 30.3 Å². The molecule has 0 spiro atoms. The van der Waals surface area contributed by atoms with Gasteiger partial charge in [0.25, 0.3) is 0 Å². The summed E-state index contributed by atoms with van der Waals surface area (Å²) in [5.41, 5.74) is 1.52. The minimum Gasteiger partial charge on any atom is -0.459 e. The van der Waals surface area contributed by atoms with Crippen molar-refractivity contribution in [3.8, 4) is 0 Å². The van der Waals surface area contributed by atoms with E-state index in [9.17, 15) is 9.59 Å². The molecular formula is C34H50O3. The van der Waals surface area contributed by atoms with E-state index in [2.05, 4.69) is 20.8 Å². The Morgan fingerprint density at radius 1 is 0.892 bits per heavy atom. The van der Waals surface area contributed by atoms with Crippen LogP contribution in [0.2, 0.25) is 0 Å². The maximum atomic E-state index is 12.7. The van der Waals surface area contributed by atoms with Gasteiger partial charge in [0, 0.05) is 12.3 Å². The van der Waals surface area contributed by atoms with Crippen LogP contribution >= 0.6 is 0 Å². The summed E-state index contributed by atoms with van der Waals surface area (Å²) in [4.78, 5) is 25.0. The molecule has 0 aromatic heterocycles. The Kier molecular flexibility index (Phi) is 7.64. The number of rotatable bonds is 7. The molecule has 0 heterocycles. The maximum absolute atomic E-state index is 12.7. The van der Waals surface area contributed by atoms with Gasteiger partial charge in [0.2, 0.25) is 0 Å². The number of hydrogen-bond donors (Lipinski definition) is 0. The molecule has 4 fully saturated rings. The summed E-state index contributed by atoms with van der Waals surface area (Å²) in [6.07, 6.45) is 13.3. The fourth-order valence-electron chi connectivity index (χ4n) is 9.95. The van der Waals surface area contributed by atoms with Gasteiger partial charge >= 0.3 is 5.97 Å². The molecule has 5 rings (SSSR count). The van der Waals surface area contributed by atoms with Crippen molar-refractivity contribution in [3.05, 3.63) is 35.9 Å². The third-order valence-corrected chi connectivity index (χ3v) is 12.2. The predicted octanol–water partition coefficient (Wildman–Crippen LogP) is 8.51. The van der Waals surface area contributed by atoms with Gasteiger partial charge in [-0.3, -0.25) is 4.79 Å². The number of carbonyl (C=O) groups is 2. The molecule has 4 aliphatic carbocycles. The molecule has 0 aliphatic heterocycles. The van der Waals surface area contributed by atoms with Crippen LogP contribution in [-0.2, 0) is 9.53 Å². The van der Waals surface area contributed by atoms with Crippen LogP contribution in [0, 0.1) is 52.3 Å². The van der Waals surface area contributed by atoms with E-state index >= 15 is 0 Å². The molecule has 9 atom stereocenters. The fraction of sp³-hybridized carbons (Fsp3) is 0.765. The minimum absolute atomic E-state index is 0.0708. The second-order valence-corrected chi connectivity index (χ2v) is 14.2. The Morgan fingerprint density at radius 2 is 1.59 bits per heavy atom. The molecule has 0 radical (unpaired) electrons. The van der Waals surface area contributed by atoms with Crippen LogP contribution in [-0.4, -0.2) is 17.9 Å². The zero-order valence-electron chi connectivity index (χ0n) is 24.0. The molecule has 4 saturated carbocycles. The summed E-state index contributed by atoms with van der Waals surface area (Å²) >= 11 is 0. The summed E-state index contributed by atoms with van der Waals surface area (Å²) in [6, 6.07) is 9.48. The zero-order valence-corrected chi connectivity index (χ0v) is 24.0.